The minimum absolute atomic E-state index is 0.0277. The molecular formula is C16H19ClN2O2. The van der Waals surface area contributed by atoms with Gasteiger partial charge in [-0.25, -0.2) is 0 Å². The number of likely N-dealkylation sites (tertiary alicyclic amines) is 1. The van der Waals surface area contributed by atoms with Gasteiger partial charge in [-0.1, -0.05) is 17.5 Å². The van der Waals surface area contributed by atoms with Gasteiger partial charge < -0.3 is 10.1 Å². The monoisotopic (exact) mass is 306 g/mol. The second-order valence-electron chi connectivity index (χ2n) is 5.09. The number of hydrogen-bond acceptors (Lipinski definition) is 3. The number of nitrogens with zero attached hydrogens (tertiary/aromatic N) is 1. The Bertz CT molecular complexity index is 546. The van der Waals surface area contributed by atoms with E-state index in [-0.39, 0.29) is 11.8 Å². The molecule has 0 saturated carbocycles. The fraction of sp³-hybridized carbons (Fsp3) is 0.438. The van der Waals surface area contributed by atoms with Crippen LogP contribution in [0, 0.1) is 18.3 Å². The zero-order chi connectivity index (χ0) is 15.2. The Morgan fingerprint density at radius 3 is 2.81 bits per heavy atom. The number of halogens is 1. The lowest BCUT2D eigenvalue weighted by Gasteiger charge is -2.29. The highest BCUT2D eigenvalue weighted by Crippen LogP contribution is 2.28. The van der Waals surface area contributed by atoms with Gasteiger partial charge in [0.1, 0.15) is 5.75 Å². The summed E-state index contributed by atoms with van der Waals surface area (Å²) in [4.78, 5) is 14.4. The van der Waals surface area contributed by atoms with Gasteiger partial charge in [-0.15, -0.1) is 6.42 Å². The van der Waals surface area contributed by atoms with Crippen LogP contribution in [0.2, 0.25) is 5.02 Å². The predicted molar refractivity (Wildman–Crippen MR) is 84.6 cm³/mol. The number of carbonyl (C=O) groups is 1. The normalized spacial score (nSPS) is 16.2. The van der Waals surface area contributed by atoms with Crippen LogP contribution in [0.25, 0.3) is 0 Å². The van der Waals surface area contributed by atoms with Gasteiger partial charge in [0.2, 0.25) is 5.91 Å². The van der Waals surface area contributed by atoms with E-state index in [4.69, 9.17) is 22.8 Å². The van der Waals surface area contributed by atoms with E-state index in [1.54, 1.807) is 25.3 Å². The van der Waals surface area contributed by atoms with Crippen LogP contribution in [-0.2, 0) is 4.79 Å². The summed E-state index contributed by atoms with van der Waals surface area (Å²) in [5.41, 5.74) is 0.692. The van der Waals surface area contributed by atoms with E-state index in [1.807, 2.05) is 0 Å². The average molecular weight is 307 g/mol. The summed E-state index contributed by atoms with van der Waals surface area (Å²) in [7, 11) is 1.56. The molecule has 0 unspecified atom stereocenters. The Kier molecular flexibility index (Phi) is 5.49. The van der Waals surface area contributed by atoms with Crippen molar-refractivity contribution in [1.82, 2.24) is 4.90 Å². The van der Waals surface area contributed by atoms with Crippen molar-refractivity contribution < 1.29 is 9.53 Å². The molecule has 0 bridgehead atoms. The Hall–Kier alpha value is -1.70. The molecule has 0 radical (unpaired) electrons. The molecule has 1 aromatic rings. The lowest BCUT2D eigenvalue weighted by molar-refractivity contribution is -0.121. The maximum Gasteiger partial charge on any atom is 0.227 e. The largest absolute Gasteiger partial charge is 0.495 e. The summed E-state index contributed by atoms with van der Waals surface area (Å²) in [5.74, 6) is 3.30. The molecule has 0 aromatic heterocycles. The molecule has 1 N–H and O–H groups in total. The lowest BCUT2D eigenvalue weighted by Crippen LogP contribution is -2.38. The highest BCUT2D eigenvalue weighted by atomic mass is 35.5. The first-order valence-electron chi connectivity index (χ1n) is 6.94. The van der Waals surface area contributed by atoms with Gasteiger partial charge in [-0.2, -0.15) is 0 Å². The quantitative estimate of drug-likeness (QED) is 0.870. The highest BCUT2D eigenvalue weighted by Gasteiger charge is 2.24. The number of methoxy groups -OCH3 is 1. The summed E-state index contributed by atoms with van der Waals surface area (Å²) in [5, 5.41) is 3.40. The van der Waals surface area contributed by atoms with Crippen molar-refractivity contribution in [3.8, 4) is 18.1 Å². The van der Waals surface area contributed by atoms with E-state index < -0.39 is 0 Å². The fourth-order valence-electron chi connectivity index (χ4n) is 2.47. The van der Waals surface area contributed by atoms with Gasteiger partial charge in [-0.3, -0.25) is 9.69 Å². The van der Waals surface area contributed by atoms with E-state index >= 15 is 0 Å². The molecular weight excluding hydrogens is 288 g/mol. The maximum absolute atomic E-state index is 12.3. The summed E-state index contributed by atoms with van der Waals surface area (Å²) >= 11 is 6.05. The van der Waals surface area contributed by atoms with Crippen LogP contribution in [0.15, 0.2) is 18.2 Å². The van der Waals surface area contributed by atoms with Gasteiger partial charge in [0.05, 0.1) is 18.7 Å². The Morgan fingerprint density at radius 1 is 1.52 bits per heavy atom. The van der Waals surface area contributed by atoms with E-state index in [1.165, 1.54) is 0 Å². The third-order valence-corrected chi connectivity index (χ3v) is 3.99. The Morgan fingerprint density at radius 2 is 2.24 bits per heavy atom. The zero-order valence-electron chi connectivity index (χ0n) is 12.1. The maximum atomic E-state index is 12.3. The van der Waals surface area contributed by atoms with E-state index in [0.29, 0.717) is 23.0 Å². The van der Waals surface area contributed by atoms with Crippen molar-refractivity contribution in [2.45, 2.75) is 12.8 Å². The second kappa shape index (κ2) is 7.35. The first-order valence-corrected chi connectivity index (χ1v) is 7.32. The van der Waals surface area contributed by atoms with Crippen LogP contribution in [0.3, 0.4) is 0 Å². The lowest BCUT2D eigenvalue weighted by atomic mass is 9.96. The minimum Gasteiger partial charge on any atom is -0.495 e. The van der Waals surface area contributed by atoms with Gasteiger partial charge in [0.25, 0.3) is 0 Å². The summed E-state index contributed by atoms with van der Waals surface area (Å²) in [6, 6.07) is 5.23. The van der Waals surface area contributed by atoms with Crippen LogP contribution >= 0.6 is 11.6 Å². The van der Waals surface area contributed by atoms with Crippen molar-refractivity contribution in [1.29, 1.82) is 0 Å². The number of terminal acetylenes is 1. The van der Waals surface area contributed by atoms with Crippen molar-refractivity contribution >= 4 is 23.2 Å². The molecule has 1 heterocycles. The fourth-order valence-corrected chi connectivity index (χ4v) is 2.73. The predicted octanol–water partition coefficient (Wildman–Crippen LogP) is 2.63. The third-order valence-electron chi connectivity index (χ3n) is 3.69. The smallest absolute Gasteiger partial charge is 0.227 e. The Balaban J connectivity index is 1.90. The molecule has 21 heavy (non-hydrogen) atoms. The SMILES string of the molecule is C#CCN1CCC(C(=O)Nc2ccc(OC)c(Cl)c2)CC1. The number of benzene rings is 1. The van der Waals surface area contributed by atoms with Crippen LogP contribution in [-0.4, -0.2) is 37.6 Å². The molecule has 2 rings (SSSR count). The topological polar surface area (TPSA) is 41.6 Å². The molecule has 0 aliphatic carbocycles. The number of rotatable bonds is 4. The highest BCUT2D eigenvalue weighted by molar-refractivity contribution is 6.32. The molecule has 1 aliphatic rings. The van der Waals surface area contributed by atoms with E-state index in [9.17, 15) is 4.79 Å². The summed E-state index contributed by atoms with van der Waals surface area (Å²) < 4.78 is 5.09. The van der Waals surface area contributed by atoms with E-state index in [2.05, 4.69) is 16.1 Å². The minimum atomic E-state index is 0.0277. The molecule has 0 spiro atoms. The van der Waals surface area contributed by atoms with Gasteiger partial charge in [-0.05, 0) is 44.1 Å². The van der Waals surface area contributed by atoms with Gasteiger partial charge in [0, 0.05) is 11.6 Å². The van der Waals surface area contributed by atoms with Crippen LogP contribution in [0.1, 0.15) is 12.8 Å². The van der Waals surface area contributed by atoms with Gasteiger partial charge in [0.15, 0.2) is 0 Å². The molecule has 112 valence electrons. The van der Waals surface area contributed by atoms with Crippen LogP contribution in [0.4, 0.5) is 5.69 Å². The number of ether oxygens (including phenoxy) is 1. The molecule has 0 atom stereocenters. The number of piperidine rings is 1. The summed E-state index contributed by atoms with van der Waals surface area (Å²) in [6.45, 7) is 2.39. The average Bonchev–Trinajstić information content (AvgIpc) is 2.48. The van der Waals surface area contributed by atoms with Crippen molar-refractivity contribution in [3.63, 3.8) is 0 Å². The molecule has 1 fully saturated rings. The van der Waals surface area contributed by atoms with Gasteiger partial charge >= 0.3 is 0 Å². The molecule has 5 heteroatoms. The van der Waals surface area contributed by atoms with Crippen molar-refractivity contribution in [3.05, 3.63) is 23.2 Å². The third kappa shape index (κ3) is 4.13. The molecule has 1 saturated heterocycles. The summed E-state index contributed by atoms with van der Waals surface area (Å²) in [6.07, 6.45) is 6.96. The van der Waals surface area contributed by atoms with E-state index in [0.717, 1.165) is 25.9 Å². The Labute approximate surface area is 130 Å². The first-order chi connectivity index (χ1) is 10.1. The van der Waals surface area contributed by atoms with Crippen LogP contribution in [0.5, 0.6) is 5.75 Å². The zero-order valence-corrected chi connectivity index (χ0v) is 12.8. The first kappa shape index (κ1) is 15.7. The van der Waals surface area contributed by atoms with Crippen molar-refractivity contribution in [2.75, 3.05) is 32.1 Å². The number of anilines is 1. The van der Waals surface area contributed by atoms with Crippen molar-refractivity contribution in [2.24, 2.45) is 5.92 Å². The molecule has 1 aliphatic heterocycles. The number of carbonyl (C=O) groups excluding carboxylic acids is 1. The number of amides is 1. The molecule has 4 nitrogen and oxygen atoms in total. The molecule has 1 amide bonds. The number of nitrogens with one attached hydrogen (secondary N) is 1. The van der Waals surface area contributed by atoms with Crippen LogP contribution < -0.4 is 10.1 Å². The number of hydrogen-bond donors (Lipinski definition) is 1. The molecule has 1 aromatic carbocycles. The standard InChI is InChI=1S/C16H19ClN2O2/c1-3-8-19-9-6-12(7-10-19)16(20)18-13-4-5-15(21-2)14(17)11-13/h1,4-5,11-12H,6-10H2,2H3,(H,18,20). The second-order valence-corrected chi connectivity index (χ2v) is 5.50.